The minimum absolute atomic E-state index is 0.103. The molecule has 0 amide bonds. The van der Waals surface area contributed by atoms with Crippen LogP contribution in [0.4, 0.5) is 0 Å². The predicted molar refractivity (Wildman–Crippen MR) is 358 cm³/mol. The second-order valence-electron chi connectivity index (χ2n) is 25.7. The first-order valence-corrected chi connectivity index (χ1v) is 39.6. The molecule has 89 heavy (non-hydrogen) atoms. The fraction of sp³-hybridized carbons (Fsp3) is 0.943. The molecule has 0 rings (SSSR count). The van der Waals surface area contributed by atoms with Crippen LogP contribution in [0.25, 0.3) is 0 Å². The lowest BCUT2D eigenvalue weighted by Crippen LogP contribution is -2.30. The minimum Gasteiger partial charge on any atom is -0.462 e. The van der Waals surface area contributed by atoms with Gasteiger partial charge in [-0.1, -0.05) is 311 Å². The van der Waals surface area contributed by atoms with Gasteiger partial charge in [0.05, 0.1) is 26.4 Å². The molecule has 0 aliphatic heterocycles. The average molecular weight is 1310 g/mol. The van der Waals surface area contributed by atoms with Crippen molar-refractivity contribution in [2.75, 3.05) is 39.6 Å². The third-order valence-corrected chi connectivity index (χ3v) is 18.2. The van der Waals surface area contributed by atoms with Crippen molar-refractivity contribution >= 4 is 39.5 Å². The summed E-state index contributed by atoms with van der Waals surface area (Å²) in [5.41, 5.74) is 0. The molecule has 0 fully saturated rings. The first-order valence-electron chi connectivity index (χ1n) is 36.6. The summed E-state index contributed by atoms with van der Waals surface area (Å²) in [7, 11) is -9.89. The van der Waals surface area contributed by atoms with E-state index in [1.165, 1.54) is 173 Å². The topological polar surface area (TPSA) is 237 Å². The molecule has 0 saturated carbocycles. The van der Waals surface area contributed by atoms with E-state index in [2.05, 4.69) is 34.6 Å². The number of aliphatic hydroxyl groups is 1. The Morgan fingerprint density at radius 1 is 0.303 bits per heavy atom. The molecule has 0 aromatic carbocycles. The maximum Gasteiger partial charge on any atom is 0.472 e. The van der Waals surface area contributed by atoms with Crippen molar-refractivity contribution in [2.45, 2.75) is 380 Å². The van der Waals surface area contributed by atoms with Gasteiger partial charge in [0, 0.05) is 25.7 Å². The summed E-state index contributed by atoms with van der Waals surface area (Å²) >= 11 is 0. The Morgan fingerprint density at radius 3 is 0.764 bits per heavy atom. The van der Waals surface area contributed by atoms with Crippen LogP contribution in [0.3, 0.4) is 0 Å². The van der Waals surface area contributed by atoms with Crippen LogP contribution in [0.5, 0.6) is 0 Å². The first-order chi connectivity index (χ1) is 43.0. The van der Waals surface area contributed by atoms with E-state index in [4.69, 9.17) is 37.0 Å². The third-order valence-electron chi connectivity index (χ3n) is 16.3. The maximum atomic E-state index is 13.0. The van der Waals surface area contributed by atoms with E-state index < -0.39 is 97.5 Å². The van der Waals surface area contributed by atoms with Crippen molar-refractivity contribution in [1.82, 2.24) is 0 Å². The van der Waals surface area contributed by atoms with Crippen molar-refractivity contribution in [3.05, 3.63) is 0 Å². The van der Waals surface area contributed by atoms with Gasteiger partial charge in [0.25, 0.3) is 0 Å². The molecule has 0 spiro atoms. The fourth-order valence-corrected chi connectivity index (χ4v) is 12.2. The van der Waals surface area contributed by atoms with Gasteiger partial charge in [-0.3, -0.25) is 37.3 Å². The monoisotopic (exact) mass is 1310 g/mol. The molecular weight excluding hydrogens is 1170 g/mol. The number of esters is 4. The van der Waals surface area contributed by atoms with Crippen LogP contribution in [0.2, 0.25) is 0 Å². The van der Waals surface area contributed by atoms with E-state index in [0.717, 1.165) is 103 Å². The van der Waals surface area contributed by atoms with Crippen LogP contribution in [0.1, 0.15) is 362 Å². The molecule has 0 aromatic rings. The van der Waals surface area contributed by atoms with Gasteiger partial charge in [-0.2, -0.15) is 0 Å². The number of hydrogen-bond acceptors (Lipinski definition) is 15. The molecule has 0 aromatic heterocycles. The van der Waals surface area contributed by atoms with E-state index in [0.29, 0.717) is 31.6 Å². The van der Waals surface area contributed by atoms with E-state index in [1.807, 2.05) is 0 Å². The molecule has 2 unspecified atom stereocenters. The number of aliphatic hydroxyl groups excluding tert-OH is 1. The van der Waals surface area contributed by atoms with E-state index in [9.17, 15) is 43.2 Å². The normalized spacial score (nSPS) is 14.1. The van der Waals surface area contributed by atoms with Gasteiger partial charge in [-0.05, 0) is 31.6 Å². The molecule has 3 N–H and O–H groups in total. The Hall–Kier alpha value is -1.94. The highest BCUT2D eigenvalue weighted by Gasteiger charge is 2.30. The number of hydrogen-bond donors (Lipinski definition) is 3. The Bertz CT molecular complexity index is 1720. The zero-order chi connectivity index (χ0) is 65.6. The summed E-state index contributed by atoms with van der Waals surface area (Å²) in [6, 6.07) is 0. The molecule has 17 nitrogen and oxygen atoms in total. The van der Waals surface area contributed by atoms with Gasteiger partial charge in [-0.25, -0.2) is 9.13 Å². The van der Waals surface area contributed by atoms with Crippen LogP contribution in [0.15, 0.2) is 0 Å². The van der Waals surface area contributed by atoms with Gasteiger partial charge in [0.15, 0.2) is 12.2 Å². The van der Waals surface area contributed by atoms with Crippen LogP contribution in [-0.2, 0) is 65.4 Å². The van der Waals surface area contributed by atoms with Crippen molar-refractivity contribution < 1.29 is 80.2 Å². The highest BCUT2D eigenvalue weighted by Crippen LogP contribution is 2.45. The SMILES string of the molecule is CCCCCCCCCCCCCCCCCCCCCCCC(=O)O[C@H](COC(=O)CCCCCCCCCCCCC)COP(=O)(O)OC[C@@H](O)COP(=O)(O)OC[C@@H](COC(=O)CCCCCCCCC)OC(=O)CCCCCCCCCC(C)C. The van der Waals surface area contributed by atoms with Crippen LogP contribution < -0.4 is 0 Å². The number of carbonyl (C=O) groups is 4. The average Bonchev–Trinajstić information content (AvgIpc) is 3.66. The summed E-state index contributed by atoms with van der Waals surface area (Å²) in [5.74, 6) is -1.43. The van der Waals surface area contributed by atoms with E-state index in [-0.39, 0.29) is 25.7 Å². The number of phosphoric acid groups is 2. The smallest absolute Gasteiger partial charge is 0.462 e. The lowest BCUT2D eigenvalue weighted by molar-refractivity contribution is -0.161. The minimum atomic E-state index is -4.95. The van der Waals surface area contributed by atoms with Crippen molar-refractivity contribution in [2.24, 2.45) is 5.92 Å². The van der Waals surface area contributed by atoms with E-state index >= 15 is 0 Å². The summed E-state index contributed by atoms with van der Waals surface area (Å²) in [5, 5.41) is 10.6. The molecule has 0 radical (unpaired) electrons. The Kier molecular flexibility index (Phi) is 62.1. The van der Waals surface area contributed by atoms with E-state index in [1.54, 1.807) is 0 Å². The standard InChI is InChI=1S/C70H136O17P2/c1-6-9-12-15-18-20-22-23-24-25-26-27-28-29-30-31-33-35-40-45-50-55-69(74)86-66(60-81-68(73)54-49-44-39-34-32-21-19-16-13-10-7-2)62-85-89(78,79)83-58-64(71)57-82-88(76,77)84-61-65(59-80-67(72)53-48-43-37-17-14-11-8-3)87-70(75)56-51-46-41-36-38-42-47-52-63(4)5/h63-66,71H,6-62H2,1-5H3,(H,76,77)(H,78,79)/t64-,65+,66+/m0/s1. The molecule has 0 heterocycles. The molecule has 5 atom stereocenters. The van der Waals surface area contributed by atoms with Gasteiger partial charge >= 0.3 is 39.5 Å². The van der Waals surface area contributed by atoms with Gasteiger partial charge in [0.2, 0.25) is 0 Å². The number of ether oxygens (including phenoxy) is 4. The Balaban J connectivity index is 5.12. The molecule has 19 heteroatoms. The lowest BCUT2D eigenvalue weighted by Gasteiger charge is -2.21. The maximum absolute atomic E-state index is 13.0. The number of unbranched alkanes of at least 4 members (excludes halogenated alkanes) is 42. The van der Waals surface area contributed by atoms with Gasteiger partial charge in [-0.15, -0.1) is 0 Å². The highest BCUT2D eigenvalue weighted by atomic mass is 31.2. The molecule has 0 bridgehead atoms. The summed E-state index contributed by atoms with van der Waals surface area (Å²) in [6.07, 6.45) is 50.4. The zero-order valence-corrected chi connectivity index (χ0v) is 59.4. The fourth-order valence-electron chi connectivity index (χ4n) is 10.6. The van der Waals surface area contributed by atoms with Crippen LogP contribution in [0, 0.1) is 5.92 Å². The molecule has 528 valence electrons. The number of carbonyl (C=O) groups excluding carboxylic acids is 4. The van der Waals surface area contributed by atoms with Crippen molar-refractivity contribution in [3.63, 3.8) is 0 Å². The molecule has 0 saturated heterocycles. The summed E-state index contributed by atoms with van der Waals surface area (Å²) < 4.78 is 68.1. The second kappa shape index (κ2) is 63.5. The summed E-state index contributed by atoms with van der Waals surface area (Å²) in [6.45, 7) is 7.13. The van der Waals surface area contributed by atoms with Crippen molar-refractivity contribution in [1.29, 1.82) is 0 Å². The predicted octanol–water partition coefficient (Wildman–Crippen LogP) is 20.1. The second-order valence-corrected chi connectivity index (χ2v) is 28.7. The largest absolute Gasteiger partial charge is 0.472 e. The Morgan fingerprint density at radius 2 is 0.517 bits per heavy atom. The summed E-state index contributed by atoms with van der Waals surface area (Å²) in [4.78, 5) is 72.3. The molecule has 0 aliphatic rings. The van der Waals surface area contributed by atoms with Crippen LogP contribution in [-0.4, -0.2) is 96.7 Å². The first kappa shape index (κ1) is 87.1. The zero-order valence-electron chi connectivity index (χ0n) is 57.6. The highest BCUT2D eigenvalue weighted by molar-refractivity contribution is 7.47. The quantitative estimate of drug-likeness (QED) is 0.0222. The Labute approximate surface area is 543 Å². The van der Waals surface area contributed by atoms with Gasteiger partial charge < -0.3 is 33.8 Å². The number of phosphoric ester groups is 2. The lowest BCUT2D eigenvalue weighted by atomic mass is 10.0. The van der Waals surface area contributed by atoms with Gasteiger partial charge in [0.1, 0.15) is 19.3 Å². The van der Waals surface area contributed by atoms with Crippen molar-refractivity contribution in [3.8, 4) is 0 Å². The van der Waals surface area contributed by atoms with Crippen LogP contribution >= 0.6 is 15.6 Å². The molecule has 0 aliphatic carbocycles. The molecular formula is C70H136O17P2. The number of rotatable bonds is 70. The third kappa shape index (κ3) is 64.6.